The van der Waals surface area contributed by atoms with Gasteiger partial charge in [0.05, 0.1) is 12.7 Å². The summed E-state index contributed by atoms with van der Waals surface area (Å²) in [6.07, 6.45) is 3.50. The van der Waals surface area contributed by atoms with Crippen molar-refractivity contribution in [2.45, 2.75) is 12.5 Å². The number of rotatable bonds is 3. The number of nitrogens with zero attached hydrogens (tertiary/aromatic N) is 2. The second-order valence-corrected chi connectivity index (χ2v) is 4.85. The number of imidazole rings is 1. The summed E-state index contributed by atoms with van der Waals surface area (Å²) in [5, 5.41) is 8.52. The van der Waals surface area contributed by atoms with Crippen LogP contribution in [0.2, 0.25) is 0 Å². The van der Waals surface area contributed by atoms with Gasteiger partial charge in [0.15, 0.2) is 10.3 Å². The monoisotopic (exact) mass is 317 g/mol. The number of hydrogen-bond donors (Lipinski definition) is 4. The van der Waals surface area contributed by atoms with Crippen LogP contribution in [-0.2, 0) is 11.2 Å². The highest BCUT2D eigenvalue weighted by atomic mass is 32.1. The standard InChI is InChI=1S/C9H11NO2.C5H4N4S/c10-8(9(11)12)6-7-4-2-1-3-5-7;10-5-3-4(7-1-6-3)8-2-9-5/h1-5,8H,6,10H2,(H,11,12);1-2H,(H2,6,7,8,9,10)/t8-;/m0./s1. The molecule has 0 fully saturated rings. The Balaban J connectivity index is 0.000000162. The fourth-order valence-corrected chi connectivity index (χ4v) is 1.95. The summed E-state index contributed by atoms with van der Waals surface area (Å²) in [7, 11) is 0. The number of nitrogens with one attached hydrogen (secondary N) is 2. The SMILES string of the molecule is N[C@@H](Cc1ccccc1)C(=O)O.S=c1nc[nH]c2nc[nH]c12. The second kappa shape index (κ2) is 7.43. The van der Waals surface area contributed by atoms with Crippen molar-refractivity contribution in [1.82, 2.24) is 19.9 Å². The van der Waals surface area contributed by atoms with Crippen LogP contribution in [0, 0.1) is 4.64 Å². The van der Waals surface area contributed by atoms with E-state index in [0.29, 0.717) is 11.1 Å². The lowest BCUT2D eigenvalue weighted by molar-refractivity contribution is -0.138. The number of H-pyrrole nitrogens is 2. The first kappa shape index (κ1) is 15.8. The van der Waals surface area contributed by atoms with Crippen LogP contribution in [0.5, 0.6) is 0 Å². The van der Waals surface area contributed by atoms with Crippen LogP contribution in [0.1, 0.15) is 5.56 Å². The number of aromatic nitrogens is 4. The summed E-state index contributed by atoms with van der Waals surface area (Å²) in [4.78, 5) is 23.9. The Hall–Kier alpha value is -2.58. The van der Waals surface area contributed by atoms with Crippen molar-refractivity contribution in [1.29, 1.82) is 0 Å². The molecule has 8 heteroatoms. The Morgan fingerprint density at radius 3 is 2.55 bits per heavy atom. The zero-order valence-corrected chi connectivity index (χ0v) is 12.4. The maximum atomic E-state index is 10.4. The molecule has 0 aliphatic heterocycles. The lowest BCUT2D eigenvalue weighted by atomic mass is 10.1. The third-order valence-corrected chi connectivity index (χ3v) is 3.16. The maximum absolute atomic E-state index is 10.4. The molecule has 1 aromatic carbocycles. The highest BCUT2D eigenvalue weighted by Crippen LogP contribution is 2.03. The van der Waals surface area contributed by atoms with Gasteiger partial charge in [-0.3, -0.25) is 4.79 Å². The van der Waals surface area contributed by atoms with E-state index in [0.717, 1.165) is 16.7 Å². The molecular weight excluding hydrogens is 302 g/mol. The highest BCUT2D eigenvalue weighted by molar-refractivity contribution is 7.71. The number of hydrogen-bond acceptors (Lipinski definition) is 5. The first-order chi connectivity index (χ1) is 10.6. The molecule has 0 aliphatic rings. The number of carboxylic acids is 1. The van der Waals surface area contributed by atoms with Crippen molar-refractivity contribution in [2.24, 2.45) is 5.73 Å². The fourth-order valence-electron chi connectivity index (χ4n) is 1.74. The summed E-state index contributed by atoms with van der Waals surface area (Å²) in [6.45, 7) is 0. The molecule has 3 rings (SSSR count). The van der Waals surface area contributed by atoms with Gasteiger partial charge in [-0.1, -0.05) is 42.5 Å². The number of nitrogens with two attached hydrogens (primary N) is 1. The van der Waals surface area contributed by atoms with E-state index in [4.69, 9.17) is 23.1 Å². The van der Waals surface area contributed by atoms with Crippen LogP contribution < -0.4 is 5.73 Å². The largest absolute Gasteiger partial charge is 0.480 e. The fraction of sp³-hybridized carbons (Fsp3) is 0.143. The minimum atomic E-state index is -0.959. The molecule has 0 unspecified atom stereocenters. The molecule has 114 valence electrons. The molecule has 0 aliphatic carbocycles. The third kappa shape index (κ3) is 4.21. The predicted octanol–water partition coefficient (Wildman–Crippen LogP) is 1.66. The molecule has 5 N–H and O–H groups in total. The average molecular weight is 317 g/mol. The first-order valence-electron chi connectivity index (χ1n) is 6.47. The van der Waals surface area contributed by atoms with Gasteiger partial charge in [-0.2, -0.15) is 0 Å². The maximum Gasteiger partial charge on any atom is 0.320 e. The molecule has 0 radical (unpaired) electrons. The molecule has 0 bridgehead atoms. The summed E-state index contributed by atoms with van der Waals surface area (Å²) >= 11 is 4.91. The summed E-state index contributed by atoms with van der Waals surface area (Å²) in [5.41, 5.74) is 7.84. The molecule has 0 amide bonds. The zero-order chi connectivity index (χ0) is 15.9. The number of aromatic amines is 2. The number of carboxylic acid groups (broad SMARTS) is 1. The van der Waals surface area contributed by atoms with Crippen LogP contribution >= 0.6 is 12.2 Å². The summed E-state index contributed by atoms with van der Waals surface area (Å²) in [5.74, 6) is -0.959. The van der Waals surface area contributed by atoms with Crippen LogP contribution in [0.25, 0.3) is 11.2 Å². The van der Waals surface area contributed by atoms with Gasteiger partial charge in [-0.05, 0) is 12.0 Å². The molecule has 3 aromatic rings. The lowest BCUT2D eigenvalue weighted by Crippen LogP contribution is -2.32. The summed E-state index contributed by atoms with van der Waals surface area (Å²) in [6, 6.07) is 8.54. The van der Waals surface area contributed by atoms with Crippen molar-refractivity contribution in [3.8, 4) is 0 Å². The van der Waals surface area contributed by atoms with Crippen LogP contribution in [0.4, 0.5) is 0 Å². The Morgan fingerprint density at radius 1 is 1.23 bits per heavy atom. The predicted molar refractivity (Wildman–Crippen MR) is 84.8 cm³/mol. The molecule has 2 heterocycles. The van der Waals surface area contributed by atoms with Crippen LogP contribution in [0.3, 0.4) is 0 Å². The van der Waals surface area contributed by atoms with Crippen LogP contribution in [0.15, 0.2) is 43.0 Å². The molecule has 2 aromatic heterocycles. The quantitative estimate of drug-likeness (QED) is 0.545. The number of aliphatic carboxylic acids is 1. The van der Waals surface area contributed by atoms with Gasteiger partial charge in [0, 0.05) is 0 Å². The summed E-state index contributed by atoms with van der Waals surface area (Å²) < 4.78 is 0.547. The van der Waals surface area contributed by atoms with Crippen LogP contribution in [-0.4, -0.2) is 37.1 Å². The van der Waals surface area contributed by atoms with E-state index < -0.39 is 12.0 Å². The van der Waals surface area contributed by atoms with Crippen molar-refractivity contribution in [3.63, 3.8) is 0 Å². The van der Waals surface area contributed by atoms with E-state index in [1.807, 2.05) is 30.3 Å². The second-order valence-electron chi connectivity index (χ2n) is 4.47. The lowest BCUT2D eigenvalue weighted by Gasteiger charge is -2.04. The molecule has 0 saturated carbocycles. The van der Waals surface area contributed by atoms with Crippen molar-refractivity contribution in [3.05, 3.63) is 53.2 Å². The van der Waals surface area contributed by atoms with Gasteiger partial charge in [0.2, 0.25) is 0 Å². The van der Waals surface area contributed by atoms with E-state index in [2.05, 4.69) is 19.9 Å². The Morgan fingerprint density at radius 2 is 1.91 bits per heavy atom. The minimum absolute atomic E-state index is 0.385. The Kier molecular flexibility index (Phi) is 5.34. The number of carbonyl (C=O) groups is 1. The molecule has 0 spiro atoms. The van der Waals surface area contributed by atoms with Gasteiger partial charge >= 0.3 is 5.97 Å². The number of fused-ring (bicyclic) bond motifs is 1. The van der Waals surface area contributed by atoms with Crippen molar-refractivity contribution in [2.75, 3.05) is 0 Å². The van der Waals surface area contributed by atoms with E-state index in [-0.39, 0.29) is 0 Å². The van der Waals surface area contributed by atoms with Gasteiger partial charge in [-0.15, -0.1) is 0 Å². The van der Waals surface area contributed by atoms with Crippen molar-refractivity contribution < 1.29 is 9.90 Å². The Bertz CT molecular complexity index is 799. The zero-order valence-electron chi connectivity index (χ0n) is 11.6. The van der Waals surface area contributed by atoms with Gasteiger partial charge in [0.25, 0.3) is 0 Å². The van der Waals surface area contributed by atoms with Gasteiger partial charge in [-0.25, -0.2) is 9.97 Å². The molecule has 22 heavy (non-hydrogen) atoms. The van der Waals surface area contributed by atoms with E-state index in [1.165, 1.54) is 6.33 Å². The first-order valence-corrected chi connectivity index (χ1v) is 6.88. The topological polar surface area (TPSA) is 121 Å². The van der Waals surface area contributed by atoms with Gasteiger partial charge in [0.1, 0.15) is 11.6 Å². The molecular formula is C14H15N5O2S. The molecule has 0 saturated heterocycles. The van der Waals surface area contributed by atoms with E-state index >= 15 is 0 Å². The third-order valence-electron chi connectivity index (χ3n) is 2.85. The molecule has 1 atom stereocenters. The van der Waals surface area contributed by atoms with Gasteiger partial charge < -0.3 is 20.8 Å². The van der Waals surface area contributed by atoms with E-state index in [9.17, 15) is 4.79 Å². The average Bonchev–Trinajstić information content (AvgIpc) is 2.99. The minimum Gasteiger partial charge on any atom is -0.480 e. The number of benzene rings is 1. The normalized spacial score (nSPS) is 11.5. The smallest absolute Gasteiger partial charge is 0.320 e. The Labute approximate surface area is 131 Å². The van der Waals surface area contributed by atoms with E-state index in [1.54, 1.807) is 6.33 Å². The van der Waals surface area contributed by atoms with Crippen molar-refractivity contribution >= 4 is 29.4 Å². The highest BCUT2D eigenvalue weighted by Gasteiger charge is 2.10. The molecule has 7 nitrogen and oxygen atoms in total.